The summed E-state index contributed by atoms with van der Waals surface area (Å²) < 4.78 is 0. The Morgan fingerprint density at radius 1 is 0.722 bits per heavy atom. The fraction of sp³-hybridized carbons (Fsp3) is 0.0667. The maximum atomic E-state index is 12.2. The summed E-state index contributed by atoms with van der Waals surface area (Å²) in [7, 11) is 0. The van der Waals surface area contributed by atoms with Crippen LogP contribution in [0.3, 0.4) is 0 Å². The van der Waals surface area contributed by atoms with Crippen molar-refractivity contribution in [3.63, 3.8) is 0 Å². The van der Waals surface area contributed by atoms with Gasteiger partial charge in [-0.25, -0.2) is 0 Å². The minimum atomic E-state index is -0.621. The molecule has 0 unspecified atom stereocenters. The van der Waals surface area contributed by atoms with Crippen LogP contribution in [-0.4, -0.2) is 16.8 Å². The number of hydrogen-bond acceptors (Lipinski definition) is 3. The quantitative estimate of drug-likeness (QED) is 0.772. The van der Waals surface area contributed by atoms with Gasteiger partial charge in [0.1, 0.15) is 5.25 Å². The van der Waals surface area contributed by atoms with Gasteiger partial charge in [0, 0.05) is 16.0 Å². The van der Waals surface area contributed by atoms with Gasteiger partial charge in [0.05, 0.1) is 0 Å². The Kier molecular flexibility index (Phi) is 2.76. The number of carbonyl (C=O) groups is 2. The van der Waals surface area contributed by atoms with E-state index in [0.717, 1.165) is 4.90 Å². The lowest BCUT2D eigenvalue weighted by atomic mass is 10.1. The van der Waals surface area contributed by atoms with E-state index in [9.17, 15) is 9.59 Å². The van der Waals surface area contributed by atoms with Crippen LogP contribution in [-0.2, 0) is 0 Å². The first-order valence-electron chi connectivity index (χ1n) is 5.66. The number of ketones is 2. The zero-order valence-electron chi connectivity index (χ0n) is 9.50. The van der Waals surface area contributed by atoms with Gasteiger partial charge >= 0.3 is 0 Å². The Hall–Kier alpha value is -1.87. The first-order valence-corrected chi connectivity index (χ1v) is 6.54. The van der Waals surface area contributed by atoms with E-state index in [2.05, 4.69) is 0 Å². The lowest BCUT2D eigenvalue weighted by Gasteiger charge is -2.05. The monoisotopic (exact) mass is 254 g/mol. The maximum absolute atomic E-state index is 12.2. The molecule has 0 amide bonds. The van der Waals surface area contributed by atoms with E-state index in [4.69, 9.17) is 0 Å². The number of carbonyl (C=O) groups excluding carboxylic acids is 2. The second-order valence-electron chi connectivity index (χ2n) is 4.09. The minimum absolute atomic E-state index is 0.0792. The third kappa shape index (κ3) is 1.77. The highest BCUT2D eigenvalue weighted by atomic mass is 32.2. The third-order valence-corrected chi connectivity index (χ3v) is 4.14. The van der Waals surface area contributed by atoms with Crippen molar-refractivity contribution in [1.29, 1.82) is 0 Å². The van der Waals surface area contributed by atoms with Crippen LogP contribution in [0.25, 0.3) is 0 Å². The molecule has 0 aliphatic heterocycles. The van der Waals surface area contributed by atoms with Crippen LogP contribution in [0.15, 0.2) is 59.5 Å². The van der Waals surface area contributed by atoms with Gasteiger partial charge < -0.3 is 0 Å². The summed E-state index contributed by atoms with van der Waals surface area (Å²) in [6, 6.07) is 16.6. The maximum Gasteiger partial charge on any atom is 0.184 e. The van der Waals surface area contributed by atoms with Gasteiger partial charge in [0.2, 0.25) is 0 Å². The van der Waals surface area contributed by atoms with E-state index in [0.29, 0.717) is 11.1 Å². The summed E-state index contributed by atoms with van der Waals surface area (Å²) in [6.45, 7) is 0. The largest absolute Gasteiger partial charge is 0.292 e. The fourth-order valence-corrected chi connectivity index (χ4v) is 3.11. The summed E-state index contributed by atoms with van der Waals surface area (Å²) in [5, 5.41) is -0.621. The predicted molar refractivity (Wildman–Crippen MR) is 71.2 cm³/mol. The van der Waals surface area contributed by atoms with Crippen LogP contribution in [0.4, 0.5) is 0 Å². The van der Waals surface area contributed by atoms with E-state index in [1.807, 2.05) is 30.3 Å². The number of benzene rings is 2. The zero-order valence-corrected chi connectivity index (χ0v) is 10.3. The standard InChI is InChI=1S/C15H10O2S/c16-13-11-8-4-5-9-12(11)14(17)15(13)18-10-6-2-1-3-7-10/h1-9,15H. The van der Waals surface area contributed by atoms with Crippen molar-refractivity contribution in [3.05, 3.63) is 65.7 Å². The number of rotatable bonds is 2. The topological polar surface area (TPSA) is 34.1 Å². The molecule has 0 spiro atoms. The van der Waals surface area contributed by atoms with Gasteiger partial charge in [0.15, 0.2) is 11.6 Å². The normalized spacial score (nSPS) is 14.9. The first-order chi connectivity index (χ1) is 8.77. The number of Topliss-reactive ketones (excluding diaryl/α,β-unsaturated/α-hetero) is 2. The van der Waals surface area contributed by atoms with Crippen molar-refractivity contribution < 1.29 is 9.59 Å². The molecule has 0 bridgehead atoms. The molecule has 0 saturated carbocycles. The molecule has 18 heavy (non-hydrogen) atoms. The number of fused-ring (bicyclic) bond motifs is 1. The fourth-order valence-electron chi connectivity index (χ4n) is 2.06. The van der Waals surface area contributed by atoms with Gasteiger partial charge in [-0.15, -0.1) is 11.8 Å². The molecule has 3 rings (SSSR count). The first kappa shape index (κ1) is 11.2. The SMILES string of the molecule is O=C1c2ccccc2C(=O)C1Sc1ccccc1. The molecular weight excluding hydrogens is 244 g/mol. The van der Waals surface area contributed by atoms with Crippen molar-refractivity contribution in [1.82, 2.24) is 0 Å². The predicted octanol–water partition coefficient (Wildman–Crippen LogP) is 3.23. The van der Waals surface area contributed by atoms with Crippen molar-refractivity contribution in [2.24, 2.45) is 0 Å². The van der Waals surface area contributed by atoms with Gasteiger partial charge in [0.25, 0.3) is 0 Å². The average molecular weight is 254 g/mol. The van der Waals surface area contributed by atoms with Gasteiger partial charge in [-0.05, 0) is 12.1 Å². The molecule has 1 aliphatic carbocycles. The zero-order chi connectivity index (χ0) is 12.5. The molecule has 0 saturated heterocycles. The second kappa shape index (κ2) is 4.42. The van der Waals surface area contributed by atoms with Crippen LogP contribution in [0.2, 0.25) is 0 Å². The molecule has 1 aliphatic rings. The summed E-state index contributed by atoms with van der Waals surface area (Å²) in [4.78, 5) is 25.3. The highest BCUT2D eigenvalue weighted by molar-refractivity contribution is 8.01. The van der Waals surface area contributed by atoms with Gasteiger partial charge in [-0.1, -0.05) is 42.5 Å². The highest BCUT2D eigenvalue weighted by Crippen LogP contribution is 2.34. The van der Waals surface area contributed by atoms with Crippen LogP contribution >= 0.6 is 11.8 Å². The van der Waals surface area contributed by atoms with E-state index >= 15 is 0 Å². The Balaban J connectivity index is 1.93. The molecule has 88 valence electrons. The molecule has 3 heteroatoms. The molecule has 2 aromatic carbocycles. The lowest BCUT2D eigenvalue weighted by molar-refractivity contribution is 0.0932. The van der Waals surface area contributed by atoms with E-state index in [1.54, 1.807) is 24.3 Å². The third-order valence-electron chi connectivity index (χ3n) is 2.93. The molecule has 2 aromatic rings. The number of hydrogen-bond donors (Lipinski definition) is 0. The smallest absolute Gasteiger partial charge is 0.184 e. The van der Waals surface area contributed by atoms with Crippen LogP contribution < -0.4 is 0 Å². The van der Waals surface area contributed by atoms with E-state index < -0.39 is 5.25 Å². The molecule has 0 N–H and O–H groups in total. The lowest BCUT2D eigenvalue weighted by Crippen LogP contribution is -2.17. The van der Waals surface area contributed by atoms with Crippen LogP contribution in [0.5, 0.6) is 0 Å². The highest BCUT2D eigenvalue weighted by Gasteiger charge is 2.38. The van der Waals surface area contributed by atoms with Crippen molar-refractivity contribution in [2.45, 2.75) is 10.1 Å². The summed E-state index contributed by atoms with van der Waals surface area (Å²) in [6.07, 6.45) is 0. The van der Waals surface area contributed by atoms with Crippen molar-refractivity contribution in [2.75, 3.05) is 0 Å². The summed E-state index contributed by atoms with van der Waals surface area (Å²) >= 11 is 1.32. The Labute approximate surface area is 109 Å². The number of thioether (sulfide) groups is 1. The molecule has 0 atom stereocenters. The van der Waals surface area contributed by atoms with Crippen LogP contribution in [0, 0.1) is 0 Å². The Morgan fingerprint density at radius 3 is 1.78 bits per heavy atom. The van der Waals surface area contributed by atoms with E-state index in [-0.39, 0.29) is 11.6 Å². The van der Waals surface area contributed by atoms with Gasteiger partial charge in [-0.2, -0.15) is 0 Å². The molecule has 0 fully saturated rings. The molecular formula is C15H10O2S. The van der Waals surface area contributed by atoms with Crippen molar-refractivity contribution in [3.8, 4) is 0 Å². The average Bonchev–Trinajstić information content (AvgIpc) is 2.66. The van der Waals surface area contributed by atoms with Crippen LogP contribution in [0.1, 0.15) is 20.7 Å². The van der Waals surface area contributed by atoms with Crippen molar-refractivity contribution >= 4 is 23.3 Å². The van der Waals surface area contributed by atoms with Gasteiger partial charge in [-0.3, -0.25) is 9.59 Å². The summed E-state index contributed by atoms with van der Waals surface area (Å²) in [5.41, 5.74) is 1.10. The summed E-state index contributed by atoms with van der Waals surface area (Å²) in [5.74, 6) is -0.158. The Bertz CT molecular complexity index is 584. The molecule has 0 heterocycles. The van der Waals surface area contributed by atoms with E-state index in [1.165, 1.54) is 11.8 Å². The second-order valence-corrected chi connectivity index (χ2v) is 5.26. The minimum Gasteiger partial charge on any atom is -0.292 e. The molecule has 0 aromatic heterocycles. The molecule has 2 nitrogen and oxygen atoms in total. The Morgan fingerprint density at radius 2 is 1.22 bits per heavy atom. The molecule has 0 radical (unpaired) electrons.